The van der Waals surface area contributed by atoms with E-state index in [4.69, 9.17) is 5.73 Å². The van der Waals surface area contributed by atoms with Crippen molar-refractivity contribution >= 4 is 16.8 Å². The molecule has 1 aromatic carbocycles. The second kappa shape index (κ2) is 2.94. The van der Waals surface area contributed by atoms with E-state index in [9.17, 15) is 4.79 Å². The van der Waals surface area contributed by atoms with Crippen LogP contribution in [0.25, 0.3) is 10.9 Å². The Morgan fingerprint density at radius 3 is 2.92 bits per heavy atom. The molecule has 1 aromatic heterocycles. The van der Waals surface area contributed by atoms with Crippen molar-refractivity contribution < 1.29 is 4.79 Å². The molecule has 0 fully saturated rings. The first kappa shape index (κ1) is 7.86. The molecule has 0 aliphatic carbocycles. The van der Waals surface area contributed by atoms with Gasteiger partial charge in [0.15, 0.2) is 0 Å². The fourth-order valence-corrected chi connectivity index (χ4v) is 1.45. The van der Waals surface area contributed by atoms with Crippen molar-refractivity contribution in [3.05, 3.63) is 36.0 Å². The van der Waals surface area contributed by atoms with Gasteiger partial charge in [-0.1, -0.05) is 18.2 Å². The normalized spacial score (nSPS) is 10.5. The van der Waals surface area contributed by atoms with Crippen molar-refractivity contribution in [2.45, 2.75) is 6.42 Å². The molecule has 0 unspecified atom stereocenters. The molecule has 65 valence electrons. The van der Waals surface area contributed by atoms with Gasteiger partial charge in [0, 0.05) is 17.1 Å². The number of carbonyl (C=O) groups excluding carboxylic acids is 1. The third-order valence-corrected chi connectivity index (χ3v) is 2.03. The molecule has 1 radical (unpaired) electrons. The van der Waals surface area contributed by atoms with Crippen LogP contribution in [0.2, 0.25) is 0 Å². The van der Waals surface area contributed by atoms with E-state index in [1.807, 2.05) is 24.3 Å². The first-order chi connectivity index (χ1) is 6.27. The van der Waals surface area contributed by atoms with Crippen LogP contribution in [0.5, 0.6) is 0 Å². The lowest BCUT2D eigenvalue weighted by molar-refractivity contribution is -0.118. The summed E-state index contributed by atoms with van der Waals surface area (Å²) in [6, 6.07) is 7.76. The fraction of sp³-hybridized carbons (Fsp3) is 0.100. The van der Waals surface area contributed by atoms with E-state index in [-0.39, 0.29) is 6.42 Å². The predicted octanol–water partition coefficient (Wildman–Crippen LogP) is 1.52. The molecule has 1 heterocycles. The van der Waals surface area contributed by atoms with Gasteiger partial charge in [-0.3, -0.25) is 10.5 Å². The number of H-pyrrole nitrogens is 1. The zero-order chi connectivity index (χ0) is 9.26. The molecule has 0 bridgehead atoms. The summed E-state index contributed by atoms with van der Waals surface area (Å²) in [6.45, 7) is 0. The lowest BCUT2D eigenvalue weighted by atomic mass is 10.1. The number of rotatable bonds is 2. The van der Waals surface area contributed by atoms with Crippen molar-refractivity contribution in [2.75, 3.05) is 0 Å². The molecule has 3 heteroatoms. The highest BCUT2D eigenvalue weighted by molar-refractivity contribution is 5.87. The molecule has 0 aliphatic rings. The zero-order valence-corrected chi connectivity index (χ0v) is 7.00. The molecule has 3 nitrogen and oxygen atoms in total. The van der Waals surface area contributed by atoms with E-state index in [0.717, 1.165) is 16.5 Å². The topological polar surface area (TPSA) is 56.7 Å². The van der Waals surface area contributed by atoms with Crippen LogP contribution in [0.15, 0.2) is 30.5 Å². The Morgan fingerprint density at radius 1 is 1.38 bits per heavy atom. The quantitative estimate of drug-likeness (QED) is 0.735. The van der Waals surface area contributed by atoms with Gasteiger partial charge in [-0.2, -0.15) is 0 Å². The number of hydrogen-bond donors (Lipinski definition) is 1. The monoisotopic (exact) mass is 173 g/mol. The number of amides is 1. The van der Waals surface area contributed by atoms with Gasteiger partial charge in [0.2, 0.25) is 5.91 Å². The van der Waals surface area contributed by atoms with E-state index in [1.54, 1.807) is 6.20 Å². The lowest BCUT2D eigenvalue weighted by Gasteiger charge is -1.92. The highest BCUT2D eigenvalue weighted by Gasteiger charge is 2.05. The van der Waals surface area contributed by atoms with E-state index in [0.29, 0.717) is 0 Å². The molecule has 2 aromatic rings. The molecule has 0 saturated heterocycles. The summed E-state index contributed by atoms with van der Waals surface area (Å²) in [4.78, 5) is 13.7. The second-order valence-corrected chi connectivity index (χ2v) is 2.96. The van der Waals surface area contributed by atoms with Crippen LogP contribution in [0.1, 0.15) is 5.56 Å². The molecule has 0 spiro atoms. The van der Waals surface area contributed by atoms with Crippen LogP contribution < -0.4 is 5.73 Å². The van der Waals surface area contributed by atoms with E-state index in [1.165, 1.54) is 0 Å². The summed E-state index contributed by atoms with van der Waals surface area (Å²) in [7, 11) is 0. The van der Waals surface area contributed by atoms with Gasteiger partial charge in [-0.25, -0.2) is 0 Å². The molecule has 13 heavy (non-hydrogen) atoms. The Hall–Kier alpha value is -1.77. The smallest absolute Gasteiger partial charge is 0.242 e. The summed E-state index contributed by atoms with van der Waals surface area (Å²) < 4.78 is 0. The summed E-state index contributed by atoms with van der Waals surface area (Å²) in [5.41, 5.74) is 8.79. The maximum atomic E-state index is 10.6. The predicted molar refractivity (Wildman–Crippen MR) is 50.1 cm³/mol. The van der Waals surface area contributed by atoms with Gasteiger partial charge < -0.3 is 4.98 Å². The van der Waals surface area contributed by atoms with Crippen LogP contribution in [0.4, 0.5) is 0 Å². The molecule has 0 saturated carbocycles. The first-order valence-electron chi connectivity index (χ1n) is 4.07. The maximum Gasteiger partial charge on any atom is 0.242 e. The van der Waals surface area contributed by atoms with Crippen LogP contribution in [0, 0.1) is 0 Å². The van der Waals surface area contributed by atoms with Gasteiger partial charge >= 0.3 is 0 Å². The number of para-hydroxylation sites is 1. The Balaban J connectivity index is 2.51. The van der Waals surface area contributed by atoms with Crippen molar-refractivity contribution in [3.8, 4) is 0 Å². The largest absolute Gasteiger partial charge is 0.361 e. The Morgan fingerprint density at radius 2 is 2.15 bits per heavy atom. The number of fused-ring (bicyclic) bond motifs is 1. The molecular weight excluding hydrogens is 164 g/mol. The minimum Gasteiger partial charge on any atom is -0.361 e. The van der Waals surface area contributed by atoms with Crippen molar-refractivity contribution in [1.29, 1.82) is 0 Å². The van der Waals surface area contributed by atoms with Crippen LogP contribution in [0.3, 0.4) is 0 Å². The summed E-state index contributed by atoms with van der Waals surface area (Å²) in [5.74, 6) is -0.551. The Bertz CT molecular complexity index is 445. The fourth-order valence-electron chi connectivity index (χ4n) is 1.45. The summed E-state index contributed by atoms with van der Waals surface area (Å²) in [5, 5.41) is 1.03. The number of aromatic nitrogens is 1. The minimum atomic E-state index is -0.551. The first-order valence-corrected chi connectivity index (χ1v) is 4.07. The number of nitrogens with one attached hydrogen (secondary N) is 2. The van der Waals surface area contributed by atoms with Crippen LogP contribution in [-0.4, -0.2) is 10.9 Å². The number of hydrogen-bond acceptors (Lipinski definition) is 1. The molecular formula is C10H9N2O. The van der Waals surface area contributed by atoms with Gasteiger partial charge in [-0.05, 0) is 11.6 Å². The van der Waals surface area contributed by atoms with Crippen LogP contribution in [-0.2, 0) is 11.2 Å². The van der Waals surface area contributed by atoms with Gasteiger partial charge in [-0.15, -0.1) is 0 Å². The van der Waals surface area contributed by atoms with E-state index in [2.05, 4.69) is 4.98 Å². The standard InChI is InChI=1S/C10H9N2O/c11-10(13)5-7-6-12-9-4-2-1-3-8(7)9/h1-4,6,11-12H,5H2. The van der Waals surface area contributed by atoms with Gasteiger partial charge in [0.25, 0.3) is 0 Å². The Kier molecular flexibility index (Phi) is 1.77. The molecule has 2 rings (SSSR count). The zero-order valence-electron chi connectivity index (χ0n) is 7.00. The second-order valence-electron chi connectivity index (χ2n) is 2.96. The van der Waals surface area contributed by atoms with Crippen molar-refractivity contribution in [3.63, 3.8) is 0 Å². The third-order valence-electron chi connectivity index (χ3n) is 2.03. The van der Waals surface area contributed by atoms with E-state index < -0.39 is 5.91 Å². The van der Waals surface area contributed by atoms with Crippen LogP contribution >= 0.6 is 0 Å². The van der Waals surface area contributed by atoms with Gasteiger partial charge in [0.1, 0.15) is 0 Å². The number of aromatic amines is 1. The summed E-state index contributed by atoms with van der Waals surface area (Å²) in [6.07, 6.45) is 1.97. The number of benzene rings is 1. The number of carbonyl (C=O) groups is 1. The molecule has 0 aliphatic heterocycles. The molecule has 1 amide bonds. The summed E-state index contributed by atoms with van der Waals surface area (Å²) >= 11 is 0. The van der Waals surface area contributed by atoms with Crippen molar-refractivity contribution in [2.24, 2.45) is 0 Å². The van der Waals surface area contributed by atoms with Gasteiger partial charge in [0.05, 0.1) is 6.42 Å². The minimum absolute atomic E-state index is 0.185. The lowest BCUT2D eigenvalue weighted by Crippen LogP contribution is -2.01. The van der Waals surface area contributed by atoms with E-state index >= 15 is 0 Å². The Labute approximate surface area is 75.6 Å². The molecule has 2 N–H and O–H groups in total. The van der Waals surface area contributed by atoms with Crippen molar-refractivity contribution in [1.82, 2.24) is 10.7 Å². The average Bonchev–Trinajstić information content (AvgIpc) is 2.48. The SMILES string of the molecule is [NH]C(=O)Cc1c[nH]c2ccccc12. The average molecular weight is 173 g/mol. The molecule has 0 atom stereocenters. The highest BCUT2D eigenvalue weighted by Crippen LogP contribution is 2.17. The third kappa shape index (κ3) is 1.40. The highest BCUT2D eigenvalue weighted by atomic mass is 16.1. The maximum absolute atomic E-state index is 10.6.